The second kappa shape index (κ2) is 8.60. The number of carbonyl (C=O) groups excluding carboxylic acids is 1. The van der Waals surface area contributed by atoms with Gasteiger partial charge in [0.2, 0.25) is 5.91 Å². The molecule has 2 heterocycles. The van der Waals surface area contributed by atoms with Crippen LogP contribution in [0, 0.1) is 11.3 Å². The van der Waals surface area contributed by atoms with Crippen LogP contribution in [0.5, 0.6) is 5.75 Å². The summed E-state index contributed by atoms with van der Waals surface area (Å²) >= 11 is 0. The first-order valence-electron chi connectivity index (χ1n) is 8.55. The second-order valence-electron chi connectivity index (χ2n) is 6.05. The van der Waals surface area contributed by atoms with Crippen LogP contribution >= 0.6 is 0 Å². The van der Waals surface area contributed by atoms with Crippen LogP contribution in [-0.2, 0) is 17.6 Å². The molecule has 2 aromatic heterocycles. The first kappa shape index (κ1) is 18.8. The first-order chi connectivity index (χ1) is 13.6. The molecule has 3 aromatic rings. The molecule has 0 saturated carbocycles. The lowest BCUT2D eigenvalue weighted by Gasteiger charge is -2.06. The summed E-state index contributed by atoms with van der Waals surface area (Å²) in [6.45, 7) is 0.468. The molecule has 0 radical (unpaired) electrons. The van der Waals surface area contributed by atoms with Gasteiger partial charge in [-0.05, 0) is 12.0 Å². The van der Waals surface area contributed by atoms with E-state index in [-0.39, 0.29) is 40.7 Å². The normalized spacial score (nSPS) is 10.2. The lowest BCUT2D eigenvalue weighted by molar-refractivity contribution is -0.120. The second-order valence-corrected chi connectivity index (χ2v) is 6.05. The summed E-state index contributed by atoms with van der Waals surface area (Å²) in [4.78, 5) is 34.8. The van der Waals surface area contributed by atoms with Crippen LogP contribution in [0.4, 0.5) is 0 Å². The van der Waals surface area contributed by atoms with Crippen LogP contribution in [0.15, 0.2) is 53.6 Å². The highest BCUT2D eigenvalue weighted by Crippen LogP contribution is 2.23. The number of benzene rings is 1. The maximum absolute atomic E-state index is 12.2. The highest BCUT2D eigenvalue weighted by Gasteiger charge is 2.13. The van der Waals surface area contributed by atoms with Crippen LogP contribution in [0.25, 0.3) is 11.5 Å². The highest BCUT2D eigenvalue weighted by molar-refractivity contribution is 5.78. The number of nitrogens with zero attached hydrogens (tertiary/aromatic N) is 3. The van der Waals surface area contributed by atoms with Crippen molar-refractivity contribution in [3.63, 3.8) is 0 Å². The lowest BCUT2D eigenvalue weighted by atomic mass is 10.1. The van der Waals surface area contributed by atoms with Crippen molar-refractivity contribution < 1.29 is 9.90 Å². The Morgan fingerprint density at radius 3 is 2.68 bits per heavy atom. The molecule has 0 unspecified atom stereocenters. The molecule has 3 rings (SSSR count). The molecule has 0 bridgehead atoms. The van der Waals surface area contributed by atoms with E-state index in [1.165, 1.54) is 18.5 Å². The molecule has 0 aliphatic rings. The fraction of sp³-hybridized carbons (Fsp3) is 0.150. The Labute approximate surface area is 160 Å². The van der Waals surface area contributed by atoms with Crippen molar-refractivity contribution >= 4 is 5.91 Å². The van der Waals surface area contributed by atoms with Crippen LogP contribution in [0.3, 0.4) is 0 Å². The molecular weight excluding hydrogens is 358 g/mol. The number of amides is 1. The lowest BCUT2D eigenvalue weighted by Crippen LogP contribution is -2.29. The van der Waals surface area contributed by atoms with Crippen LogP contribution in [-0.4, -0.2) is 32.5 Å². The van der Waals surface area contributed by atoms with Crippen molar-refractivity contribution in [1.82, 2.24) is 20.3 Å². The largest absolute Gasteiger partial charge is 0.505 e. The van der Waals surface area contributed by atoms with Crippen LogP contribution in [0.1, 0.15) is 16.7 Å². The molecular formula is C20H17N5O3. The molecule has 0 aliphatic carbocycles. The third-order valence-corrected chi connectivity index (χ3v) is 4.02. The molecule has 0 fully saturated rings. The molecule has 1 amide bonds. The Bertz CT molecular complexity index is 1090. The quantitative estimate of drug-likeness (QED) is 0.595. The molecule has 28 heavy (non-hydrogen) atoms. The van der Waals surface area contributed by atoms with Crippen molar-refractivity contribution in [2.75, 3.05) is 6.54 Å². The van der Waals surface area contributed by atoms with E-state index in [4.69, 9.17) is 5.26 Å². The number of hydrogen-bond donors (Lipinski definition) is 3. The van der Waals surface area contributed by atoms with E-state index in [0.717, 1.165) is 5.56 Å². The van der Waals surface area contributed by atoms with Gasteiger partial charge in [0.05, 0.1) is 12.0 Å². The van der Waals surface area contributed by atoms with Crippen molar-refractivity contribution in [3.8, 4) is 23.3 Å². The van der Waals surface area contributed by atoms with E-state index in [1.807, 2.05) is 36.4 Å². The van der Waals surface area contributed by atoms with Crippen molar-refractivity contribution in [3.05, 3.63) is 75.8 Å². The molecule has 0 spiro atoms. The van der Waals surface area contributed by atoms with E-state index in [1.54, 1.807) is 0 Å². The zero-order chi connectivity index (χ0) is 19.9. The van der Waals surface area contributed by atoms with Gasteiger partial charge in [0.1, 0.15) is 17.5 Å². The number of rotatable bonds is 6. The molecule has 140 valence electrons. The zero-order valence-corrected chi connectivity index (χ0v) is 14.8. The standard InChI is InChI=1S/C20H17N5O3/c21-10-14-8-16(26)18(23-11-14)19-24-12-15(20(28)25-19)9-17(27)22-7-6-13-4-2-1-3-5-13/h1-5,8,11-12,26H,6-7,9H2,(H,22,27)(H,24,25,28). The molecule has 8 heteroatoms. The van der Waals surface area contributed by atoms with Gasteiger partial charge < -0.3 is 15.4 Å². The number of H-pyrrole nitrogens is 1. The van der Waals surface area contributed by atoms with Crippen LogP contribution in [0.2, 0.25) is 0 Å². The third kappa shape index (κ3) is 4.59. The number of aromatic hydroxyl groups is 1. The minimum atomic E-state index is -0.492. The number of pyridine rings is 1. The van der Waals surface area contributed by atoms with E-state index >= 15 is 0 Å². The molecule has 3 N–H and O–H groups in total. The van der Waals surface area contributed by atoms with Gasteiger partial charge in [-0.2, -0.15) is 5.26 Å². The maximum atomic E-state index is 12.2. The topological polar surface area (TPSA) is 132 Å². The fourth-order valence-electron chi connectivity index (χ4n) is 2.59. The molecule has 1 aromatic carbocycles. The predicted molar refractivity (Wildman–Crippen MR) is 101 cm³/mol. The summed E-state index contributed by atoms with van der Waals surface area (Å²) in [5.74, 6) is -0.496. The van der Waals surface area contributed by atoms with Gasteiger partial charge in [0.15, 0.2) is 5.82 Å². The number of nitriles is 1. The number of aromatic nitrogens is 3. The van der Waals surface area contributed by atoms with E-state index in [0.29, 0.717) is 13.0 Å². The summed E-state index contributed by atoms with van der Waals surface area (Å²) in [6, 6.07) is 12.8. The Kier molecular flexibility index (Phi) is 5.77. The minimum absolute atomic E-state index is 0.0509. The van der Waals surface area contributed by atoms with Gasteiger partial charge in [0, 0.05) is 30.6 Å². The first-order valence-corrected chi connectivity index (χ1v) is 8.55. The van der Waals surface area contributed by atoms with E-state index in [9.17, 15) is 14.7 Å². The van der Waals surface area contributed by atoms with Crippen molar-refractivity contribution in [1.29, 1.82) is 5.26 Å². The van der Waals surface area contributed by atoms with Crippen molar-refractivity contribution in [2.24, 2.45) is 0 Å². The summed E-state index contributed by atoms with van der Waals surface area (Å²) in [5.41, 5.74) is 1.06. The Hall–Kier alpha value is -3.99. The van der Waals surface area contributed by atoms with Gasteiger partial charge in [-0.15, -0.1) is 0 Å². The molecule has 0 aliphatic heterocycles. The molecule has 8 nitrogen and oxygen atoms in total. The minimum Gasteiger partial charge on any atom is -0.505 e. The summed E-state index contributed by atoms with van der Waals surface area (Å²) < 4.78 is 0. The van der Waals surface area contributed by atoms with E-state index < -0.39 is 5.56 Å². The van der Waals surface area contributed by atoms with Crippen molar-refractivity contribution in [2.45, 2.75) is 12.8 Å². The SMILES string of the molecule is N#Cc1cnc(-c2ncc(CC(=O)NCCc3ccccc3)c(=O)[nH]2)c(O)c1. The third-order valence-electron chi connectivity index (χ3n) is 4.02. The average Bonchev–Trinajstić information content (AvgIpc) is 2.70. The maximum Gasteiger partial charge on any atom is 0.254 e. The predicted octanol–water partition coefficient (Wildman–Crippen LogP) is 1.31. The van der Waals surface area contributed by atoms with Crippen LogP contribution < -0.4 is 10.9 Å². The van der Waals surface area contributed by atoms with Gasteiger partial charge in [0.25, 0.3) is 5.56 Å². The highest BCUT2D eigenvalue weighted by atomic mass is 16.3. The number of aromatic amines is 1. The number of hydrogen-bond acceptors (Lipinski definition) is 6. The van der Waals surface area contributed by atoms with Gasteiger partial charge in [-0.3, -0.25) is 9.59 Å². The number of nitrogens with one attached hydrogen (secondary N) is 2. The molecule has 0 saturated heterocycles. The Morgan fingerprint density at radius 1 is 1.21 bits per heavy atom. The van der Waals surface area contributed by atoms with Gasteiger partial charge in [-0.1, -0.05) is 30.3 Å². The van der Waals surface area contributed by atoms with Gasteiger partial charge >= 0.3 is 0 Å². The number of carbonyl (C=O) groups is 1. The average molecular weight is 375 g/mol. The summed E-state index contributed by atoms with van der Waals surface area (Å²) in [5, 5.41) is 21.5. The summed E-state index contributed by atoms with van der Waals surface area (Å²) in [6.07, 6.45) is 3.14. The Morgan fingerprint density at radius 2 is 2.00 bits per heavy atom. The van der Waals surface area contributed by atoms with E-state index in [2.05, 4.69) is 20.3 Å². The fourth-order valence-corrected chi connectivity index (χ4v) is 2.59. The summed E-state index contributed by atoms with van der Waals surface area (Å²) in [7, 11) is 0. The smallest absolute Gasteiger partial charge is 0.254 e. The Balaban J connectivity index is 1.63. The zero-order valence-electron chi connectivity index (χ0n) is 14.8. The monoisotopic (exact) mass is 375 g/mol. The molecule has 0 atom stereocenters. The van der Waals surface area contributed by atoms with Gasteiger partial charge in [-0.25, -0.2) is 9.97 Å².